The van der Waals surface area contributed by atoms with Gasteiger partial charge in [-0.3, -0.25) is 4.79 Å². The second-order valence-electron chi connectivity index (χ2n) is 4.14. The highest BCUT2D eigenvalue weighted by Crippen LogP contribution is 2.09. The molecular weight excluding hydrogens is 417 g/mol. The van der Waals surface area contributed by atoms with Crippen LogP contribution < -0.4 is 5.32 Å². The summed E-state index contributed by atoms with van der Waals surface area (Å²) in [5.41, 5.74) is 3.02. The van der Waals surface area contributed by atoms with Crippen molar-refractivity contribution in [1.82, 2.24) is 5.32 Å². The van der Waals surface area contributed by atoms with Crippen LogP contribution in [0.3, 0.4) is 0 Å². The minimum atomic E-state index is -0.0408. The van der Waals surface area contributed by atoms with Crippen LogP contribution in [-0.4, -0.2) is 5.91 Å². The SMILES string of the molecule is O=C(NCc1ccc(CBr)cc1)c1ccc(I)cc1. The van der Waals surface area contributed by atoms with Crippen molar-refractivity contribution < 1.29 is 4.79 Å². The van der Waals surface area contributed by atoms with Gasteiger partial charge in [0.05, 0.1) is 0 Å². The second-order valence-corrected chi connectivity index (χ2v) is 5.95. The van der Waals surface area contributed by atoms with E-state index in [0.29, 0.717) is 12.1 Å². The number of hydrogen-bond acceptors (Lipinski definition) is 1. The number of carbonyl (C=O) groups is 1. The Morgan fingerprint density at radius 3 is 2.16 bits per heavy atom. The van der Waals surface area contributed by atoms with Crippen molar-refractivity contribution in [2.75, 3.05) is 0 Å². The molecule has 4 heteroatoms. The molecule has 0 saturated carbocycles. The average Bonchev–Trinajstić information content (AvgIpc) is 2.46. The van der Waals surface area contributed by atoms with Gasteiger partial charge in [-0.25, -0.2) is 0 Å². The first kappa shape index (κ1) is 14.5. The Bertz CT molecular complexity index is 551. The van der Waals surface area contributed by atoms with Gasteiger partial charge in [0.2, 0.25) is 0 Å². The summed E-state index contributed by atoms with van der Waals surface area (Å²) < 4.78 is 1.12. The molecule has 0 aliphatic rings. The fourth-order valence-corrected chi connectivity index (χ4v) is 2.37. The summed E-state index contributed by atoms with van der Waals surface area (Å²) >= 11 is 5.63. The summed E-state index contributed by atoms with van der Waals surface area (Å²) in [4.78, 5) is 11.9. The van der Waals surface area contributed by atoms with E-state index in [2.05, 4.69) is 56.0 Å². The molecule has 0 radical (unpaired) electrons. The highest BCUT2D eigenvalue weighted by molar-refractivity contribution is 14.1. The molecule has 19 heavy (non-hydrogen) atoms. The predicted octanol–water partition coefficient (Wildman–Crippen LogP) is 4.12. The normalized spacial score (nSPS) is 10.2. The minimum Gasteiger partial charge on any atom is -0.348 e. The van der Waals surface area contributed by atoms with Crippen LogP contribution in [0.2, 0.25) is 0 Å². The third-order valence-corrected chi connectivity index (χ3v) is 4.10. The molecule has 0 aliphatic carbocycles. The highest BCUT2D eigenvalue weighted by atomic mass is 127. The topological polar surface area (TPSA) is 29.1 Å². The van der Waals surface area contributed by atoms with Gasteiger partial charge in [0, 0.05) is 21.0 Å². The molecule has 0 heterocycles. The molecule has 0 atom stereocenters. The van der Waals surface area contributed by atoms with Gasteiger partial charge in [-0.2, -0.15) is 0 Å². The molecule has 0 unspecified atom stereocenters. The van der Waals surface area contributed by atoms with Crippen molar-refractivity contribution >= 4 is 44.4 Å². The molecule has 1 N–H and O–H groups in total. The first-order valence-electron chi connectivity index (χ1n) is 5.86. The molecule has 98 valence electrons. The van der Waals surface area contributed by atoms with Crippen molar-refractivity contribution in [1.29, 1.82) is 0 Å². The molecule has 2 aromatic carbocycles. The fourth-order valence-electron chi connectivity index (χ4n) is 1.63. The van der Waals surface area contributed by atoms with E-state index in [1.54, 1.807) is 0 Å². The van der Waals surface area contributed by atoms with Gasteiger partial charge in [0.25, 0.3) is 5.91 Å². The van der Waals surface area contributed by atoms with Crippen molar-refractivity contribution in [3.05, 3.63) is 68.8 Å². The lowest BCUT2D eigenvalue weighted by molar-refractivity contribution is 0.0951. The molecule has 2 rings (SSSR count). The maximum Gasteiger partial charge on any atom is 0.251 e. The Labute approximate surface area is 134 Å². The summed E-state index contributed by atoms with van der Waals surface area (Å²) in [5, 5.41) is 3.77. The number of benzene rings is 2. The van der Waals surface area contributed by atoms with E-state index < -0.39 is 0 Å². The number of carbonyl (C=O) groups excluding carboxylic acids is 1. The first-order valence-corrected chi connectivity index (χ1v) is 8.06. The van der Waals surface area contributed by atoms with E-state index in [1.165, 1.54) is 5.56 Å². The molecule has 0 saturated heterocycles. The molecular formula is C15H13BrINO. The largest absolute Gasteiger partial charge is 0.348 e. The van der Waals surface area contributed by atoms with Crippen molar-refractivity contribution in [3.8, 4) is 0 Å². The number of hydrogen-bond donors (Lipinski definition) is 1. The molecule has 0 spiro atoms. The average molecular weight is 430 g/mol. The summed E-state index contributed by atoms with van der Waals surface area (Å²) in [6.45, 7) is 0.549. The van der Waals surface area contributed by atoms with E-state index in [4.69, 9.17) is 0 Å². The van der Waals surface area contributed by atoms with Crippen LogP contribution in [0, 0.1) is 3.57 Å². The molecule has 0 fully saturated rings. The highest BCUT2D eigenvalue weighted by Gasteiger charge is 2.04. The molecule has 0 bridgehead atoms. The smallest absolute Gasteiger partial charge is 0.251 e. The van der Waals surface area contributed by atoms with Crippen LogP contribution in [0.25, 0.3) is 0 Å². The minimum absolute atomic E-state index is 0.0408. The standard InChI is InChI=1S/C15H13BrINO/c16-9-11-1-3-12(4-2-11)10-18-15(19)13-5-7-14(17)8-6-13/h1-8H,9-10H2,(H,18,19). The summed E-state index contributed by atoms with van der Waals surface area (Å²) in [5.74, 6) is -0.0408. The molecule has 2 aromatic rings. The van der Waals surface area contributed by atoms with E-state index in [0.717, 1.165) is 14.5 Å². The number of halogens is 2. The van der Waals surface area contributed by atoms with Crippen LogP contribution in [-0.2, 0) is 11.9 Å². The van der Waals surface area contributed by atoms with Crippen molar-refractivity contribution in [2.24, 2.45) is 0 Å². The van der Waals surface area contributed by atoms with E-state index in [-0.39, 0.29) is 5.91 Å². The lowest BCUT2D eigenvalue weighted by Crippen LogP contribution is -2.22. The van der Waals surface area contributed by atoms with Crippen LogP contribution >= 0.6 is 38.5 Å². The van der Waals surface area contributed by atoms with Crippen LogP contribution in [0.4, 0.5) is 0 Å². The Morgan fingerprint density at radius 2 is 1.58 bits per heavy atom. The maximum absolute atomic E-state index is 11.9. The van der Waals surface area contributed by atoms with Gasteiger partial charge in [0.15, 0.2) is 0 Å². The van der Waals surface area contributed by atoms with E-state index >= 15 is 0 Å². The van der Waals surface area contributed by atoms with Gasteiger partial charge in [-0.1, -0.05) is 40.2 Å². The zero-order valence-electron chi connectivity index (χ0n) is 10.2. The summed E-state index contributed by atoms with van der Waals surface area (Å²) in [6, 6.07) is 15.7. The van der Waals surface area contributed by atoms with Gasteiger partial charge < -0.3 is 5.32 Å². The lowest BCUT2D eigenvalue weighted by atomic mass is 10.1. The van der Waals surface area contributed by atoms with Crippen molar-refractivity contribution in [3.63, 3.8) is 0 Å². The van der Waals surface area contributed by atoms with Gasteiger partial charge in [-0.05, 0) is 58.0 Å². The van der Waals surface area contributed by atoms with Crippen LogP contribution in [0.15, 0.2) is 48.5 Å². The molecule has 1 amide bonds. The van der Waals surface area contributed by atoms with Crippen LogP contribution in [0.5, 0.6) is 0 Å². The quantitative estimate of drug-likeness (QED) is 0.575. The number of alkyl halides is 1. The Balaban J connectivity index is 1.94. The second kappa shape index (κ2) is 7.05. The van der Waals surface area contributed by atoms with Gasteiger partial charge in [-0.15, -0.1) is 0 Å². The number of nitrogens with one attached hydrogen (secondary N) is 1. The lowest BCUT2D eigenvalue weighted by Gasteiger charge is -2.06. The monoisotopic (exact) mass is 429 g/mol. The Kier molecular flexibility index (Phi) is 5.39. The fraction of sp³-hybridized carbons (Fsp3) is 0.133. The third kappa shape index (κ3) is 4.31. The molecule has 0 aromatic heterocycles. The zero-order valence-corrected chi connectivity index (χ0v) is 13.9. The number of amides is 1. The Morgan fingerprint density at radius 1 is 1.00 bits per heavy atom. The van der Waals surface area contributed by atoms with Crippen LogP contribution in [0.1, 0.15) is 21.5 Å². The van der Waals surface area contributed by atoms with Gasteiger partial charge in [0.1, 0.15) is 0 Å². The van der Waals surface area contributed by atoms with E-state index in [1.807, 2.05) is 36.4 Å². The first-order chi connectivity index (χ1) is 9.19. The van der Waals surface area contributed by atoms with Gasteiger partial charge >= 0.3 is 0 Å². The summed E-state index contributed by atoms with van der Waals surface area (Å²) in [6.07, 6.45) is 0. The summed E-state index contributed by atoms with van der Waals surface area (Å²) in [7, 11) is 0. The van der Waals surface area contributed by atoms with Crippen molar-refractivity contribution in [2.45, 2.75) is 11.9 Å². The zero-order chi connectivity index (χ0) is 13.7. The molecule has 0 aliphatic heterocycles. The maximum atomic E-state index is 11.9. The third-order valence-electron chi connectivity index (χ3n) is 2.74. The van der Waals surface area contributed by atoms with E-state index in [9.17, 15) is 4.79 Å². The predicted molar refractivity (Wildman–Crippen MR) is 89.4 cm³/mol. The molecule has 2 nitrogen and oxygen atoms in total. The Hall–Kier alpha value is -0.880. The number of rotatable bonds is 4.